The zero-order valence-electron chi connectivity index (χ0n) is 8.71. The second-order valence-electron chi connectivity index (χ2n) is 3.99. The SMILES string of the molecule is COCCC(=O)NCC1(CCO)CC1. The van der Waals surface area contributed by atoms with Gasteiger partial charge in [0, 0.05) is 26.7 Å². The Kier molecular flexibility index (Phi) is 4.35. The highest BCUT2D eigenvalue weighted by atomic mass is 16.5. The van der Waals surface area contributed by atoms with Gasteiger partial charge in [-0.25, -0.2) is 0 Å². The number of aliphatic hydroxyl groups is 1. The third-order valence-corrected chi connectivity index (χ3v) is 2.79. The molecule has 4 nitrogen and oxygen atoms in total. The Labute approximate surface area is 84.6 Å². The molecule has 1 rings (SSSR count). The summed E-state index contributed by atoms with van der Waals surface area (Å²) in [5, 5.41) is 11.7. The van der Waals surface area contributed by atoms with Crippen LogP contribution in [-0.4, -0.2) is 37.9 Å². The molecular formula is C10H19NO3. The molecule has 0 aliphatic heterocycles. The molecule has 0 aromatic heterocycles. The lowest BCUT2D eigenvalue weighted by atomic mass is 10.0. The first-order valence-corrected chi connectivity index (χ1v) is 5.09. The summed E-state index contributed by atoms with van der Waals surface area (Å²) in [4.78, 5) is 11.2. The highest BCUT2D eigenvalue weighted by molar-refractivity contribution is 5.76. The minimum Gasteiger partial charge on any atom is -0.396 e. The summed E-state index contributed by atoms with van der Waals surface area (Å²) in [5.41, 5.74) is 0.206. The first kappa shape index (κ1) is 11.5. The van der Waals surface area contributed by atoms with Gasteiger partial charge in [0.25, 0.3) is 0 Å². The normalized spacial score (nSPS) is 17.9. The van der Waals surface area contributed by atoms with Crippen molar-refractivity contribution >= 4 is 5.91 Å². The molecule has 0 spiro atoms. The van der Waals surface area contributed by atoms with Crippen molar-refractivity contribution in [1.29, 1.82) is 0 Å². The standard InChI is InChI=1S/C10H19NO3/c1-14-7-2-9(13)11-8-10(3-4-10)5-6-12/h12H,2-8H2,1H3,(H,11,13). The summed E-state index contributed by atoms with van der Waals surface area (Å²) in [6, 6.07) is 0. The van der Waals surface area contributed by atoms with Crippen molar-refractivity contribution in [2.45, 2.75) is 25.7 Å². The van der Waals surface area contributed by atoms with Crippen molar-refractivity contribution in [2.24, 2.45) is 5.41 Å². The molecule has 1 amide bonds. The van der Waals surface area contributed by atoms with Crippen molar-refractivity contribution in [3.05, 3.63) is 0 Å². The van der Waals surface area contributed by atoms with E-state index in [-0.39, 0.29) is 17.9 Å². The zero-order chi connectivity index (χ0) is 10.4. The predicted octanol–water partition coefficient (Wildman–Crippen LogP) is 0.302. The van der Waals surface area contributed by atoms with Gasteiger partial charge >= 0.3 is 0 Å². The maximum absolute atomic E-state index is 11.2. The molecule has 1 aliphatic rings. The summed E-state index contributed by atoms with van der Waals surface area (Å²) in [6.07, 6.45) is 3.47. The van der Waals surface area contributed by atoms with Crippen LogP contribution in [0.25, 0.3) is 0 Å². The number of hydrogen-bond donors (Lipinski definition) is 2. The Morgan fingerprint density at radius 3 is 2.79 bits per heavy atom. The first-order valence-electron chi connectivity index (χ1n) is 5.09. The molecule has 82 valence electrons. The number of hydrogen-bond acceptors (Lipinski definition) is 3. The molecule has 2 N–H and O–H groups in total. The van der Waals surface area contributed by atoms with Crippen molar-refractivity contribution < 1.29 is 14.6 Å². The molecule has 0 aromatic carbocycles. The lowest BCUT2D eigenvalue weighted by Crippen LogP contribution is -2.31. The average Bonchev–Trinajstić information content (AvgIpc) is 2.93. The number of carbonyl (C=O) groups is 1. The van der Waals surface area contributed by atoms with Crippen LogP contribution in [-0.2, 0) is 9.53 Å². The van der Waals surface area contributed by atoms with Crippen molar-refractivity contribution in [2.75, 3.05) is 26.9 Å². The van der Waals surface area contributed by atoms with Gasteiger partial charge in [0.2, 0.25) is 5.91 Å². The minimum absolute atomic E-state index is 0.0380. The van der Waals surface area contributed by atoms with Gasteiger partial charge in [-0.3, -0.25) is 4.79 Å². The van der Waals surface area contributed by atoms with Crippen molar-refractivity contribution in [3.63, 3.8) is 0 Å². The van der Waals surface area contributed by atoms with Gasteiger partial charge in [-0.1, -0.05) is 0 Å². The van der Waals surface area contributed by atoms with Gasteiger partial charge in [0.05, 0.1) is 6.61 Å². The van der Waals surface area contributed by atoms with Gasteiger partial charge in [-0.05, 0) is 24.7 Å². The number of nitrogens with one attached hydrogen (secondary N) is 1. The van der Waals surface area contributed by atoms with Crippen LogP contribution >= 0.6 is 0 Å². The van der Waals surface area contributed by atoms with E-state index in [9.17, 15) is 4.79 Å². The van der Waals surface area contributed by atoms with E-state index in [0.717, 1.165) is 19.3 Å². The molecule has 0 unspecified atom stereocenters. The van der Waals surface area contributed by atoms with Gasteiger partial charge in [-0.15, -0.1) is 0 Å². The van der Waals surface area contributed by atoms with E-state index in [1.807, 2.05) is 0 Å². The quantitative estimate of drug-likeness (QED) is 0.623. The van der Waals surface area contributed by atoms with E-state index in [1.165, 1.54) is 0 Å². The fraction of sp³-hybridized carbons (Fsp3) is 0.900. The largest absolute Gasteiger partial charge is 0.396 e. The molecule has 0 saturated heterocycles. The van der Waals surface area contributed by atoms with E-state index in [4.69, 9.17) is 9.84 Å². The van der Waals surface area contributed by atoms with Crippen LogP contribution in [0.5, 0.6) is 0 Å². The summed E-state index contributed by atoms with van der Waals surface area (Å²) in [5.74, 6) is 0.0380. The number of aliphatic hydroxyl groups excluding tert-OH is 1. The van der Waals surface area contributed by atoms with Gasteiger partial charge in [-0.2, -0.15) is 0 Å². The molecule has 0 bridgehead atoms. The van der Waals surface area contributed by atoms with Crippen LogP contribution in [0, 0.1) is 5.41 Å². The first-order chi connectivity index (χ1) is 6.72. The summed E-state index contributed by atoms with van der Waals surface area (Å²) in [7, 11) is 1.58. The second-order valence-corrected chi connectivity index (χ2v) is 3.99. The zero-order valence-corrected chi connectivity index (χ0v) is 8.71. The third kappa shape index (κ3) is 3.64. The molecule has 0 aromatic rings. The Bertz CT molecular complexity index is 190. The maximum Gasteiger partial charge on any atom is 0.222 e. The molecule has 1 aliphatic carbocycles. The van der Waals surface area contributed by atoms with Crippen molar-refractivity contribution in [3.8, 4) is 0 Å². The molecule has 4 heteroatoms. The lowest BCUT2D eigenvalue weighted by Gasteiger charge is -2.14. The second kappa shape index (κ2) is 5.32. The van der Waals surface area contributed by atoms with Crippen LogP contribution in [0.15, 0.2) is 0 Å². The molecular weight excluding hydrogens is 182 g/mol. The van der Waals surface area contributed by atoms with Crippen molar-refractivity contribution in [1.82, 2.24) is 5.32 Å². The third-order valence-electron chi connectivity index (χ3n) is 2.79. The lowest BCUT2D eigenvalue weighted by molar-refractivity contribution is -0.122. The number of methoxy groups -OCH3 is 1. The Balaban J connectivity index is 2.10. The fourth-order valence-electron chi connectivity index (χ4n) is 1.50. The minimum atomic E-state index is 0.0380. The number of ether oxygens (including phenoxy) is 1. The molecule has 1 saturated carbocycles. The van der Waals surface area contributed by atoms with Gasteiger partial charge in [0.1, 0.15) is 0 Å². The molecule has 0 heterocycles. The number of rotatable bonds is 7. The average molecular weight is 201 g/mol. The van der Waals surface area contributed by atoms with Crippen LogP contribution in [0.2, 0.25) is 0 Å². The predicted molar refractivity (Wildman–Crippen MR) is 52.9 cm³/mol. The Morgan fingerprint density at radius 1 is 1.57 bits per heavy atom. The molecule has 0 radical (unpaired) electrons. The van der Waals surface area contributed by atoms with E-state index < -0.39 is 0 Å². The highest BCUT2D eigenvalue weighted by Crippen LogP contribution is 2.47. The van der Waals surface area contributed by atoms with Crippen LogP contribution < -0.4 is 5.32 Å². The maximum atomic E-state index is 11.2. The fourth-order valence-corrected chi connectivity index (χ4v) is 1.50. The smallest absolute Gasteiger partial charge is 0.222 e. The van der Waals surface area contributed by atoms with Crippen LogP contribution in [0.3, 0.4) is 0 Å². The Morgan fingerprint density at radius 2 is 2.29 bits per heavy atom. The molecule has 14 heavy (non-hydrogen) atoms. The monoisotopic (exact) mass is 201 g/mol. The van der Waals surface area contributed by atoms with E-state index >= 15 is 0 Å². The summed E-state index contributed by atoms with van der Waals surface area (Å²) >= 11 is 0. The summed E-state index contributed by atoms with van der Waals surface area (Å²) < 4.78 is 4.81. The Hall–Kier alpha value is -0.610. The number of amides is 1. The van der Waals surface area contributed by atoms with Crippen LogP contribution in [0.4, 0.5) is 0 Å². The van der Waals surface area contributed by atoms with E-state index in [1.54, 1.807) is 7.11 Å². The highest BCUT2D eigenvalue weighted by Gasteiger charge is 2.41. The topological polar surface area (TPSA) is 58.6 Å². The molecule has 0 atom stereocenters. The van der Waals surface area contributed by atoms with Gasteiger partial charge < -0.3 is 15.2 Å². The van der Waals surface area contributed by atoms with E-state index in [0.29, 0.717) is 19.6 Å². The summed E-state index contributed by atoms with van der Waals surface area (Å²) in [6.45, 7) is 1.39. The molecule has 1 fully saturated rings. The van der Waals surface area contributed by atoms with E-state index in [2.05, 4.69) is 5.32 Å². The van der Waals surface area contributed by atoms with Gasteiger partial charge in [0.15, 0.2) is 0 Å². The van der Waals surface area contributed by atoms with Crippen LogP contribution in [0.1, 0.15) is 25.7 Å². The number of carbonyl (C=O) groups excluding carboxylic acids is 1.